The fraction of sp³-hybridized carbons (Fsp3) is 0.882. The molecule has 0 heterocycles. The Hall–Kier alpha value is -0.803. The average molecular weight is 377 g/mol. The second kappa shape index (κ2) is 12.5. The topological polar surface area (TPSA) is 99.9 Å². The van der Waals surface area contributed by atoms with Gasteiger partial charge in [-0.05, 0) is 46.1 Å². The first-order valence-electron chi connectivity index (χ1n) is 9.17. The lowest BCUT2D eigenvalue weighted by Gasteiger charge is -2.32. The Kier molecular flexibility index (Phi) is 12.1. The molecule has 3 N–H and O–H groups in total. The zero-order chi connectivity index (χ0) is 19.5. The number of carbonyl (C=O) groups excluding carboxylic acids is 2. The van der Waals surface area contributed by atoms with Crippen molar-refractivity contribution in [3.8, 4) is 0 Å². The van der Waals surface area contributed by atoms with Gasteiger partial charge in [-0.1, -0.05) is 13.8 Å². The molecular weight excluding hydrogens is 340 g/mol. The van der Waals surface area contributed by atoms with Crippen molar-refractivity contribution in [3.05, 3.63) is 0 Å². The summed E-state index contributed by atoms with van der Waals surface area (Å²) in [4.78, 5) is 24.3. The summed E-state index contributed by atoms with van der Waals surface area (Å²) in [6.07, 6.45) is 0.541. The maximum absolute atomic E-state index is 12.8. The Labute approximate surface area is 153 Å². The Balaban J connectivity index is 5.22. The lowest BCUT2D eigenvalue weighted by molar-refractivity contribution is -0.133. The quantitative estimate of drug-likeness (QED) is 0.449. The van der Waals surface area contributed by atoms with Gasteiger partial charge in [0.1, 0.15) is 6.10 Å². The highest BCUT2D eigenvalue weighted by Crippen LogP contribution is 2.21. The third kappa shape index (κ3) is 9.46. The normalized spacial score (nSPS) is 14.4. The van der Waals surface area contributed by atoms with Crippen LogP contribution in [0.15, 0.2) is 0 Å². The van der Waals surface area contributed by atoms with Crippen molar-refractivity contribution in [1.29, 1.82) is 0 Å². The average Bonchev–Trinajstić information content (AvgIpc) is 2.51. The molecule has 0 aromatic carbocycles. The minimum atomic E-state index is -2.98. The van der Waals surface area contributed by atoms with E-state index >= 15 is 0 Å². The maximum atomic E-state index is 12.8. The van der Waals surface area contributed by atoms with Gasteiger partial charge in [0.05, 0.1) is 6.04 Å². The molecule has 0 aromatic heterocycles. The van der Waals surface area contributed by atoms with Crippen molar-refractivity contribution in [2.45, 2.75) is 72.6 Å². The van der Waals surface area contributed by atoms with E-state index in [0.717, 1.165) is 0 Å². The molecule has 2 atom stereocenters. The number of nitrogens with one attached hydrogen (secondary N) is 1. The highest BCUT2D eigenvalue weighted by atomic mass is 28.4. The van der Waals surface area contributed by atoms with Gasteiger partial charge in [-0.3, -0.25) is 9.59 Å². The van der Waals surface area contributed by atoms with E-state index in [2.05, 4.69) is 5.32 Å². The number of Topliss-reactive ketones (excluding diaryl/α,β-unsaturated/α-hetero) is 1. The smallest absolute Gasteiger partial charge is 0.374 e. The summed E-state index contributed by atoms with van der Waals surface area (Å²) in [5, 5.41) is 2.73. The monoisotopic (exact) mass is 376 g/mol. The van der Waals surface area contributed by atoms with E-state index in [4.69, 9.17) is 19.0 Å². The summed E-state index contributed by atoms with van der Waals surface area (Å²) in [6.45, 7) is 12.3. The lowest BCUT2D eigenvalue weighted by Crippen LogP contribution is -2.53. The molecule has 0 aliphatic heterocycles. The van der Waals surface area contributed by atoms with Gasteiger partial charge in [0.15, 0.2) is 5.78 Å². The predicted octanol–water partition coefficient (Wildman–Crippen LogP) is 1.87. The molecule has 1 amide bonds. The molecule has 0 rings (SSSR count). The molecule has 0 aromatic rings. The number of ketones is 1. The highest BCUT2D eigenvalue weighted by molar-refractivity contribution is 6.61. The zero-order valence-electron chi connectivity index (χ0n) is 16.6. The summed E-state index contributed by atoms with van der Waals surface area (Å²) < 4.78 is 17.7. The predicted molar refractivity (Wildman–Crippen MR) is 100 cm³/mol. The Morgan fingerprint density at radius 1 is 1.12 bits per heavy atom. The standard InChI is InChI=1S/C17H36N2O5Si/c1-7-22-25(23-8-2,11-9-10-18)24-14(5)17(21)16(12-13(3)4)19-15(6)20/h13-14,16H,7-12,18H2,1-6H3,(H,19,20)/t14?,16-/m0/s1. The molecule has 0 saturated carbocycles. The van der Waals surface area contributed by atoms with Gasteiger partial charge in [0.2, 0.25) is 5.91 Å². The first-order chi connectivity index (χ1) is 11.7. The molecule has 8 heteroatoms. The summed E-state index contributed by atoms with van der Waals surface area (Å²) in [5.74, 6) is -0.119. The third-order valence-corrected chi connectivity index (χ3v) is 6.74. The molecule has 0 fully saturated rings. The first kappa shape index (κ1) is 24.2. The van der Waals surface area contributed by atoms with Crippen molar-refractivity contribution in [2.75, 3.05) is 19.8 Å². The Morgan fingerprint density at radius 2 is 1.68 bits per heavy atom. The van der Waals surface area contributed by atoms with E-state index in [1.165, 1.54) is 6.92 Å². The van der Waals surface area contributed by atoms with Crippen LogP contribution in [0.2, 0.25) is 6.04 Å². The van der Waals surface area contributed by atoms with E-state index in [-0.39, 0.29) is 17.6 Å². The van der Waals surface area contributed by atoms with Crippen LogP contribution in [0.4, 0.5) is 0 Å². The van der Waals surface area contributed by atoms with Crippen molar-refractivity contribution in [2.24, 2.45) is 11.7 Å². The van der Waals surface area contributed by atoms with Crippen LogP contribution >= 0.6 is 0 Å². The molecular formula is C17H36N2O5Si. The van der Waals surface area contributed by atoms with Crippen LogP contribution in [0.25, 0.3) is 0 Å². The lowest BCUT2D eigenvalue weighted by atomic mass is 9.98. The van der Waals surface area contributed by atoms with Crippen LogP contribution in [0.1, 0.15) is 54.4 Å². The molecule has 0 aliphatic carbocycles. The van der Waals surface area contributed by atoms with Crippen LogP contribution in [-0.2, 0) is 22.9 Å². The zero-order valence-corrected chi connectivity index (χ0v) is 17.6. The summed E-state index contributed by atoms with van der Waals surface area (Å²) in [5.41, 5.74) is 5.62. The summed E-state index contributed by atoms with van der Waals surface area (Å²) in [6, 6.07) is -0.00501. The van der Waals surface area contributed by atoms with Crippen molar-refractivity contribution < 1.29 is 22.9 Å². The summed E-state index contributed by atoms with van der Waals surface area (Å²) in [7, 11) is -2.98. The first-order valence-corrected chi connectivity index (χ1v) is 11.1. The van der Waals surface area contributed by atoms with Crippen LogP contribution in [0.3, 0.4) is 0 Å². The number of hydrogen-bond donors (Lipinski definition) is 2. The van der Waals surface area contributed by atoms with Gasteiger partial charge in [-0.25, -0.2) is 0 Å². The molecule has 0 spiro atoms. The molecule has 25 heavy (non-hydrogen) atoms. The van der Waals surface area contributed by atoms with Crippen molar-refractivity contribution in [1.82, 2.24) is 5.32 Å². The molecule has 0 radical (unpaired) electrons. The van der Waals surface area contributed by atoms with Crippen LogP contribution in [-0.4, -0.2) is 52.4 Å². The van der Waals surface area contributed by atoms with Gasteiger partial charge >= 0.3 is 8.80 Å². The van der Waals surface area contributed by atoms with Crippen molar-refractivity contribution >= 4 is 20.5 Å². The van der Waals surface area contributed by atoms with Crippen LogP contribution < -0.4 is 11.1 Å². The van der Waals surface area contributed by atoms with Crippen LogP contribution in [0, 0.1) is 5.92 Å². The summed E-state index contributed by atoms with van der Waals surface area (Å²) >= 11 is 0. The number of carbonyl (C=O) groups is 2. The minimum absolute atomic E-state index is 0.159. The van der Waals surface area contributed by atoms with Gasteiger partial charge in [0, 0.05) is 26.2 Å². The molecule has 0 saturated heterocycles. The van der Waals surface area contributed by atoms with Crippen molar-refractivity contribution in [3.63, 3.8) is 0 Å². The van der Waals surface area contributed by atoms with E-state index in [1.807, 2.05) is 27.7 Å². The second-order valence-electron chi connectivity index (χ2n) is 6.49. The molecule has 0 aliphatic rings. The van der Waals surface area contributed by atoms with E-state index in [9.17, 15) is 9.59 Å². The fourth-order valence-electron chi connectivity index (χ4n) is 2.65. The number of nitrogens with two attached hydrogens (primary N) is 1. The molecule has 7 nitrogen and oxygen atoms in total. The molecule has 1 unspecified atom stereocenters. The van der Waals surface area contributed by atoms with Gasteiger partial charge in [-0.2, -0.15) is 0 Å². The Morgan fingerprint density at radius 3 is 2.08 bits per heavy atom. The van der Waals surface area contributed by atoms with Gasteiger partial charge < -0.3 is 24.3 Å². The maximum Gasteiger partial charge on any atom is 0.501 e. The minimum Gasteiger partial charge on any atom is -0.374 e. The van der Waals surface area contributed by atoms with Gasteiger partial charge in [-0.15, -0.1) is 0 Å². The highest BCUT2D eigenvalue weighted by Gasteiger charge is 2.43. The number of hydrogen-bond acceptors (Lipinski definition) is 6. The van der Waals surface area contributed by atoms with E-state index < -0.39 is 21.0 Å². The molecule has 148 valence electrons. The van der Waals surface area contributed by atoms with E-state index in [1.54, 1.807) is 6.92 Å². The van der Waals surface area contributed by atoms with Crippen LogP contribution in [0.5, 0.6) is 0 Å². The third-order valence-electron chi connectivity index (χ3n) is 3.60. The van der Waals surface area contributed by atoms with Gasteiger partial charge in [0.25, 0.3) is 0 Å². The largest absolute Gasteiger partial charge is 0.501 e. The molecule has 0 bridgehead atoms. The Bertz CT molecular complexity index is 400. The fourth-order valence-corrected chi connectivity index (χ4v) is 5.44. The number of amides is 1. The SMILES string of the molecule is CCO[Si](CCCN)(OCC)OC(C)C(=O)[C@H](CC(C)C)NC(C)=O. The second-order valence-corrected chi connectivity index (χ2v) is 9.17. The number of rotatable bonds is 14. The van der Waals surface area contributed by atoms with E-state index in [0.29, 0.717) is 38.6 Å².